The first kappa shape index (κ1) is 12.8. The van der Waals surface area contributed by atoms with E-state index in [0.717, 1.165) is 35.1 Å². The van der Waals surface area contributed by atoms with Crippen LogP contribution in [-0.2, 0) is 6.54 Å². The number of nitrogens with zero attached hydrogens (tertiary/aromatic N) is 3. The smallest absolute Gasteiger partial charge is 0.121 e. The zero-order valence-electron chi connectivity index (χ0n) is 11.4. The number of benzene rings is 1. The van der Waals surface area contributed by atoms with Crippen molar-refractivity contribution in [2.45, 2.75) is 26.0 Å². The Bertz CT molecular complexity index is 720. The normalized spacial score (nSPS) is 12.7. The topological polar surface area (TPSA) is 50.9 Å². The summed E-state index contributed by atoms with van der Waals surface area (Å²) in [7, 11) is 0. The number of imidazole rings is 1. The summed E-state index contributed by atoms with van der Waals surface area (Å²) in [5.41, 5.74) is 2.56. The zero-order valence-corrected chi connectivity index (χ0v) is 11.4. The Balaban J connectivity index is 1.99. The second-order valence-corrected chi connectivity index (χ2v) is 4.87. The lowest BCUT2D eigenvalue weighted by Gasteiger charge is -2.14. The molecule has 1 N–H and O–H groups in total. The summed E-state index contributed by atoms with van der Waals surface area (Å²) >= 11 is 0. The summed E-state index contributed by atoms with van der Waals surface area (Å²) in [4.78, 5) is 8.47. The predicted molar refractivity (Wildman–Crippen MR) is 78.3 cm³/mol. The Morgan fingerprint density at radius 2 is 2.20 bits per heavy atom. The molecule has 4 heteroatoms. The lowest BCUT2D eigenvalue weighted by atomic mass is 10.0. The third-order valence-corrected chi connectivity index (χ3v) is 3.43. The van der Waals surface area contributed by atoms with Crippen LogP contribution >= 0.6 is 0 Å². The van der Waals surface area contributed by atoms with Gasteiger partial charge in [0.25, 0.3) is 0 Å². The number of aliphatic hydroxyl groups excluding tert-OH is 1. The molecule has 0 spiro atoms. The van der Waals surface area contributed by atoms with Gasteiger partial charge in [0.2, 0.25) is 0 Å². The van der Waals surface area contributed by atoms with Crippen molar-refractivity contribution in [2.24, 2.45) is 0 Å². The lowest BCUT2D eigenvalue weighted by Crippen LogP contribution is -2.08. The average molecular weight is 267 g/mol. The molecule has 2 heterocycles. The van der Waals surface area contributed by atoms with Gasteiger partial charge < -0.3 is 9.67 Å². The molecule has 1 aromatic carbocycles. The highest BCUT2D eigenvalue weighted by Gasteiger charge is 2.15. The molecule has 0 saturated carbocycles. The number of aliphatic hydroxyl groups is 1. The van der Waals surface area contributed by atoms with E-state index in [1.54, 1.807) is 18.7 Å². The van der Waals surface area contributed by atoms with Crippen molar-refractivity contribution in [3.8, 4) is 0 Å². The van der Waals surface area contributed by atoms with Crippen molar-refractivity contribution in [3.63, 3.8) is 0 Å². The van der Waals surface area contributed by atoms with Gasteiger partial charge in [-0.15, -0.1) is 0 Å². The van der Waals surface area contributed by atoms with Crippen LogP contribution in [0.2, 0.25) is 0 Å². The van der Waals surface area contributed by atoms with Crippen LogP contribution in [0.5, 0.6) is 0 Å². The first-order chi connectivity index (χ1) is 9.79. The highest BCUT2D eigenvalue weighted by atomic mass is 16.3. The van der Waals surface area contributed by atoms with Gasteiger partial charge in [0.1, 0.15) is 6.10 Å². The molecule has 1 unspecified atom stereocenters. The van der Waals surface area contributed by atoms with Gasteiger partial charge >= 0.3 is 0 Å². The lowest BCUT2D eigenvalue weighted by molar-refractivity contribution is 0.210. The highest BCUT2D eigenvalue weighted by Crippen LogP contribution is 2.24. The van der Waals surface area contributed by atoms with Crippen molar-refractivity contribution >= 4 is 10.9 Å². The molecule has 0 radical (unpaired) electrons. The molecule has 102 valence electrons. The van der Waals surface area contributed by atoms with E-state index < -0.39 is 6.10 Å². The van der Waals surface area contributed by atoms with Crippen LogP contribution < -0.4 is 0 Å². The van der Waals surface area contributed by atoms with E-state index in [1.165, 1.54) is 0 Å². The van der Waals surface area contributed by atoms with E-state index in [9.17, 15) is 5.11 Å². The van der Waals surface area contributed by atoms with Crippen LogP contribution in [0.15, 0.2) is 49.1 Å². The van der Waals surface area contributed by atoms with Gasteiger partial charge in [-0.1, -0.05) is 25.1 Å². The molecule has 0 aliphatic heterocycles. The number of hydrogen-bond donors (Lipinski definition) is 1. The van der Waals surface area contributed by atoms with Gasteiger partial charge in [0.15, 0.2) is 0 Å². The first-order valence-electron chi connectivity index (χ1n) is 6.82. The third kappa shape index (κ3) is 2.30. The predicted octanol–water partition coefficient (Wildman–Crippen LogP) is 2.92. The minimum absolute atomic E-state index is 0.671. The van der Waals surface area contributed by atoms with Crippen molar-refractivity contribution in [1.29, 1.82) is 0 Å². The summed E-state index contributed by atoms with van der Waals surface area (Å²) < 4.78 is 1.99. The Labute approximate surface area is 117 Å². The standard InChI is InChI=1S/C16H17N3O/c1-2-8-19-11-17-10-15(19)16(20)13-6-5-12-4-3-7-18-14(12)9-13/h3-7,9-11,16,20H,2,8H2,1H3. The Morgan fingerprint density at radius 3 is 3.05 bits per heavy atom. The second kappa shape index (κ2) is 5.43. The van der Waals surface area contributed by atoms with Gasteiger partial charge in [-0.05, 0) is 24.1 Å². The molecule has 2 aromatic heterocycles. The molecule has 0 amide bonds. The number of aromatic nitrogens is 3. The van der Waals surface area contributed by atoms with Crippen LogP contribution in [0.1, 0.15) is 30.7 Å². The molecule has 20 heavy (non-hydrogen) atoms. The zero-order chi connectivity index (χ0) is 13.9. The Hall–Kier alpha value is -2.20. The molecule has 0 bridgehead atoms. The number of aryl methyl sites for hydroxylation is 1. The first-order valence-corrected chi connectivity index (χ1v) is 6.82. The number of hydrogen-bond acceptors (Lipinski definition) is 3. The second-order valence-electron chi connectivity index (χ2n) is 4.87. The summed E-state index contributed by atoms with van der Waals surface area (Å²) in [6.07, 6.45) is 5.59. The minimum atomic E-state index is -0.671. The van der Waals surface area contributed by atoms with E-state index in [-0.39, 0.29) is 0 Å². The van der Waals surface area contributed by atoms with Crippen molar-refractivity contribution in [2.75, 3.05) is 0 Å². The monoisotopic (exact) mass is 267 g/mol. The molecule has 0 saturated heterocycles. The van der Waals surface area contributed by atoms with E-state index in [1.807, 2.05) is 34.9 Å². The quantitative estimate of drug-likeness (QED) is 0.790. The maximum atomic E-state index is 10.6. The van der Waals surface area contributed by atoms with Crippen LogP contribution in [0, 0.1) is 0 Å². The molecule has 0 aliphatic carbocycles. The van der Waals surface area contributed by atoms with Crippen molar-refractivity contribution < 1.29 is 5.11 Å². The molecular weight excluding hydrogens is 250 g/mol. The van der Waals surface area contributed by atoms with Crippen LogP contribution in [-0.4, -0.2) is 19.6 Å². The fraction of sp³-hybridized carbons (Fsp3) is 0.250. The van der Waals surface area contributed by atoms with Gasteiger partial charge in [-0.25, -0.2) is 4.98 Å². The van der Waals surface area contributed by atoms with Gasteiger partial charge in [-0.3, -0.25) is 4.98 Å². The highest BCUT2D eigenvalue weighted by molar-refractivity contribution is 5.79. The maximum absolute atomic E-state index is 10.6. The average Bonchev–Trinajstić information content (AvgIpc) is 2.94. The summed E-state index contributed by atoms with van der Waals surface area (Å²) in [6.45, 7) is 2.97. The minimum Gasteiger partial charge on any atom is -0.382 e. The van der Waals surface area contributed by atoms with Gasteiger partial charge in [0.05, 0.1) is 23.7 Å². The maximum Gasteiger partial charge on any atom is 0.121 e. The SMILES string of the molecule is CCCn1cncc1C(O)c1ccc2cccnc2c1. The fourth-order valence-electron chi connectivity index (χ4n) is 2.41. The van der Waals surface area contributed by atoms with Gasteiger partial charge in [-0.2, -0.15) is 0 Å². The van der Waals surface area contributed by atoms with Crippen molar-refractivity contribution in [1.82, 2.24) is 14.5 Å². The van der Waals surface area contributed by atoms with Crippen molar-refractivity contribution in [3.05, 3.63) is 60.3 Å². The fourth-order valence-corrected chi connectivity index (χ4v) is 2.41. The van der Waals surface area contributed by atoms with E-state index in [2.05, 4.69) is 16.9 Å². The molecular formula is C16H17N3O. The van der Waals surface area contributed by atoms with E-state index >= 15 is 0 Å². The molecule has 3 aromatic rings. The molecule has 0 fully saturated rings. The van der Waals surface area contributed by atoms with Crippen LogP contribution in [0.4, 0.5) is 0 Å². The number of pyridine rings is 1. The Morgan fingerprint density at radius 1 is 1.30 bits per heavy atom. The summed E-state index contributed by atoms with van der Waals surface area (Å²) in [6, 6.07) is 9.79. The van der Waals surface area contributed by atoms with Crippen LogP contribution in [0.25, 0.3) is 10.9 Å². The van der Waals surface area contributed by atoms with E-state index in [0.29, 0.717) is 0 Å². The molecule has 0 aliphatic rings. The molecule has 1 atom stereocenters. The summed E-state index contributed by atoms with van der Waals surface area (Å²) in [5, 5.41) is 11.6. The molecule has 4 nitrogen and oxygen atoms in total. The summed E-state index contributed by atoms with van der Waals surface area (Å²) in [5.74, 6) is 0. The molecule has 3 rings (SSSR count). The number of rotatable bonds is 4. The number of fused-ring (bicyclic) bond motifs is 1. The third-order valence-electron chi connectivity index (χ3n) is 3.43. The van der Waals surface area contributed by atoms with E-state index in [4.69, 9.17) is 0 Å². The largest absolute Gasteiger partial charge is 0.382 e. The van der Waals surface area contributed by atoms with Gasteiger partial charge in [0, 0.05) is 18.1 Å². The Kier molecular flexibility index (Phi) is 3.48. The van der Waals surface area contributed by atoms with Crippen LogP contribution in [0.3, 0.4) is 0 Å².